The third kappa shape index (κ3) is 1.73. The van der Waals surface area contributed by atoms with Crippen LogP contribution in [0.1, 0.15) is 10.5 Å². The number of hydrogen-bond donors (Lipinski definition) is 2. The minimum Gasteiger partial charge on any atom is -0.477 e. The fourth-order valence-electron chi connectivity index (χ4n) is 1.33. The van der Waals surface area contributed by atoms with Crippen LogP contribution in [0.2, 0.25) is 0 Å². The van der Waals surface area contributed by atoms with Gasteiger partial charge in [-0.05, 0) is 24.3 Å². The van der Waals surface area contributed by atoms with Crippen LogP contribution in [0.5, 0.6) is 0 Å². The number of carboxylic acids is 1. The number of aromatic nitrogens is 1. The van der Waals surface area contributed by atoms with Gasteiger partial charge in [0.25, 0.3) is 0 Å². The lowest BCUT2D eigenvalue weighted by Crippen LogP contribution is -2.00. The van der Waals surface area contributed by atoms with Crippen molar-refractivity contribution >= 4 is 29.1 Å². The fourth-order valence-corrected chi connectivity index (χ4v) is 1.62. The summed E-state index contributed by atoms with van der Waals surface area (Å²) in [6.45, 7) is 0. The van der Waals surface area contributed by atoms with Gasteiger partial charge in [0.15, 0.2) is 0 Å². The van der Waals surface area contributed by atoms with Gasteiger partial charge in [-0.3, -0.25) is 0 Å². The third-order valence-electron chi connectivity index (χ3n) is 2.02. The highest BCUT2D eigenvalue weighted by atomic mass is 32.1. The summed E-state index contributed by atoms with van der Waals surface area (Å²) in [4.78, 5) is 13.4. The molecule has 0 fully saturated rings. The molecule has 0 radical (unpaired) electrons. The Morgan fingerprint density at radius 1 is 1.40 bits per heavy atom. The first-order valence-corrected chi connectivity index (χ1v) is 4.54. The molecule has 76 valence electrons. The second kappa shape index (κ2) is 3.43. The number of aromatic carboxylic acids is 1. The quantitative estimate of drug-likeness (QED) is 0.731. The summed E-state index contributed by atoms with van der Waals surface area (Å²) in [5, 5.41) is 9.28. The molecule has 0 spiro atoms. The summed E-state index contributed by atoms with van der Waals surface area (Å²) in [5.74, 6) is -1.49. The Hall–Kier alpha value is -1.75. The molecule has 2 aromatic rings. The highest BCUT2D eigenvalue weighted by Crippen LogP contribution is 2.16. The molecule has 0 atom stereocenters. The number of fused-ring (bicyclic) bond motifs is 1. The van der Waals surface area contributed by atoms with E-state index >= 15 is 0 Å². The number of hydrogen-bond acceptors (Lipinski definition) is 2. The average Bonchev–Trinajstić information content (AvgIpc) is 2.18. The standard InChI is InChI=1S/C10H6FNO2S/c11-5-1-2-7-6(3-5)9(15)4-8(12-7)10(13)14/h1-4H,(H,12,15)(H,13,14). The molecule has 1 heterocycles. The molecule has 5 heteroatoms. The number of carbonyl (C=O) groups is 1. The first-order valence-electron chi connectivity index (χ1n) is 4.14. The number of halogens is 1. The average molecular weight is 223 g/mol. The zero-order valence-electron chi connectivity index (χ0n) is 7.45. The molecule has 0 bridgehead atoms. The van der Waals surface area contributed by atoms with E-state index in [-0.39, 0.29) is 5.69 Å². The van der Waals surface area contributed by atoms with Crippen molar-refractivity contribution in [2.24, 2.45) is 0 Å². The Bertz CT molecular complexity index is 606. The second-order valence-corrected chi connectivity index (χ2v) is 3.48. The SMILES string of the molecule is O=C(O)c1cc(=S)c2cc(F)ccc2[nH]1. The van der Waals surface area contributed by atoms with Crippen LogP contribution in [0.25, 0.3) is 10.9 Å². The topological polar surface area (TPSA) is 53.1 Å². The molecule has 0 aliphatic heterocycles. The fraction of sp³-hybridized carbons (Fsp3) is 0. The van der Waals surface area contributed by atoms with Gasteiger partial charge in [-0.2, -0.15) is 0 Å². The van der Waals surface area contributed by atoms with Gasteiger partial charge in [0.1, 0.15) is 11.5 Å². The highest BCUT2D eigenvalue weighted by Gasteiger charge is 2.06. The zero-order chi connectivity index (χ0) is 11.0. The molecular formula is C10H6FNO2S. The molecule has 0 aliphatic carbocycles. The maximum atomic E-state index is 12.9. The summed E-state index contributed by atoms with van der Waals surface area (Å²) in [6.07, 6.45) is 0. The number of aromatic amines is 1. The van der Waals surface area contributed by atoms with E-state index in [1.54, 1.807) is 0 Å². The van der Waals surface area contributed by atoms with Crippen molar-refractivity contribution in [1.29, 1.82) is 0 Å². The van der Waals surface area contributed by atoms with Gasteiger partial charge in [-0.25, -0.2) is 9.18 Å². The molecule has 1 aromatic carbocycles. The van der Waals surface area contributed by atoms with Crippen LogP contribution < -0.4 is 0 Å². The Labute approximate surface area is 89.2 Å². The number of nitrogens with one attached hydrogen (secondary N) is 1. The number of benzene rings is 1. The van der Waals surface area contributed by atoms with Gasteiger partial charge in [0, 0.05) is 15.4 Å². The number of H-pyrrole nitrogens is 1. The Balaban J connectivity index is 2.84. The Morgan fingerprint density at radius 3 is 2.80 bits per heavy atom. The summed E-state index contributed by atoms with van der Waals surface area (Å²) in [5.41, 5.74) is 0.514. The largest absolute Gasteiger partial charge is 0.477 e. The van der Waals surface area contributed by atoms with Crippen LogP contribution >= 0.6 is 12.2 Å². The molecule has 3 nitrogen and oxygen atoms in total. The normalized spacial score (nSPS) is 10.5. The van der Waals surface area contributed by atoms with Crippen molar-refractivity contribution in [3.8, 4) is 0 Å². The van der Waals surface area contributed by atoms with Crippen molar-refractivity contribution < 1.29 is 14.3 Å². The predicted molar refractivity (Wildman–Crippen MR) is 56.1 cm³/mol. The van der Waals surface area contributed by atoms with Gasteiger partial charge in [-0.15, -0.1) is 0 Å². The van der Waals surface area contributed by atoms with Crippen LogP contribution in [0, 0.1) is 10.3 Å². The zero-order valence-corrected chi connectivity index (χ0v) is 8.27. The van der Waals surface area contributed by atoms with Crippen LogP contribution in [0.4, 0.5) is 4.39 Å². The first kappa shape index (κ1) is 9.79. The Morgan fingerprint density at radius 2 is 2.13 bits per heavy atom. The molecule has 0 saturated heterocycles. The highest BCUT2D eigenvalue weighted by molar-refractivity contribution is 7.71. The third-order valence-corrected chi connectivity index (χ3v) is 2.36. The molecule has 2 rings (SSSR count). The second-order valence-electron chi connectivity index (χ2n) is 3.04. The van der Waals surface area contributed by atoms with Crippen LogP contribution in [0.15, 0.2) is 24.3 Å². The van der Waals surface area contributed by atoms with E-state index < -0.39 is 11.8 Å². The predicted octanol–water partition coefficient (Wildman–Crippen LogP) is 2.73. The van der Waals surface area contributed by atoms with Gasteiger partial charge in [0.05, 0.1) is 0 Å². The number of carboxylic acid groups (broad SMARTS) is 1. The molecule has 2 N–H and O–H groups in total. The summed E-state index contributed by atoms with van der Waals surface area (Å²) in [6, 6.07) is 5.30. The first-order chi connectivity index (χ1) is 7.08. The maximum absolute atomic E-state index is 12.9. The van der Waals surface area contributed by atoms with Crippen molar-refractivity contribution in [2.45, 2.75) is 0 Å². The summed E-state index contributed by atoms with van der Waals surface area (Å²) in [7, 11) is 0. The molecular weight excluding hydrogens is 217 g/mol. The van der Waals surface area contributed by atoms with E-state index in [2.05, 4.69) is 4.98 Å². The number of rotatable bonds is 1. The van der Waals surface area contributed by atoms with Crippen molar-refractivity contribution in [3.63, 3.8) is 0 Å². The molecule has 15 heavy (non-hydrogen) atoms. The van der Waals surface area contributed by atoms with Gasteiger partial charge >= 0.3 is 5.97 Å². The van der Waals surface area contributed by atoms with Crippen molar-refractivity contribution in [2.75, 3.05) is 0 Å². The van der Waals surface area contributed by atoms with Crippen LogP contribution in [-0.2, 0) is 0 Å². The van der Waals surface area contributed by atoms with E-state index in [1.165, 1.54) is 24.3 Å². The molecule has 0 saturated carbocycles. The van der Waals surface area contributed by atoms with E-state index in [0.717, 1.165) is 0 Å². The lowest BCUT2D eigenvalue weighted by atomic mass is 10.2. The summed E-state index contributed by atoms with van der Waals surface area (Å²) < 4.78 is 13.2. The van der Waals surface area contributed by atoms with E-state index in [1.807, 2.05) is 0 Å². The number of pyridine rings is 1. The van der Waals surface area contributed by atoms with Gasteiger partial charge < -0.3 is 10.1 Å². The van der Waals surface area contributed by atoms with Gasteiger partial charge in [0.2, 0.25) is 0 Å². The molecule has 1 aromatic heterocycles. The molecule has 0 unspecified atom stereocenters. The monoisotopic (exact) mass is 223 g/mol. The summed E-state index contributed by atoms with van der Waals surface area (Å²) >= 11 is 4.97. The minimum atomic E-state index is -1.09. The van der Waals surface area contributed by atoms with E-state index in [0.29, 0.717) is 15.4 Å². The van der Waals surface area contributed by atoms with Crippen LogP contribution in [0.3, 0.4) is 0 Å². The van der Waals surface area contributed by atoms with Crippen LogP contribution in [-0.4, -0.2) is 16.1 Å². The minimum absolute atomic E-state index is 0.000826. The van der Waals surface area contributed by atoms with E-state index in [4.69, 9.17) is 17.3 Å². The lowest BCUT2D eigenvalue weighted by Gasteiger charge is -2.01. The van der Waals surface area contributed by atoms with E-state index in [9.17, 15) is 9.18 Å². The lowest BCUT2D eigenvalue weighted by molar-refractivity contribution is 0.0691. The molecule has 0 aliphatic rings. The maximum Gasteiger partial charge on any atom is 0.352 e. The Kier molecular flexibility index (Phi) is 2.24. The van der Waals surface area contributed by atoms with Gasteiger partial charge in [-0.1, -0.05) is 12.2 Å². The smallest absolute Gasteiger partial charge is 0.352 e. The van der Waals surface area contributed by atoms with Crippen molar-refractivity contribution in [3.05, 3.63) is 40.3 Å². The molecule has 0 amide bonds. The van der Waals surface area contributed by atoms with Crippen molar-refractivity contribution in [1.82, 2.24) is 4.98 Å².